The van der Waals surface area contributed by atoms with E-state index in [1.54, 1.807) is 0 Å². The number of aryl methyl sites for hydroxylation is 1. The van der Waals surface area contributed by atoms with Crippen LogP contribution in [-0.4, -0.2) is 28.7 Å². The standard InChI is InChI=1S/C30H37N3O3/c1-2-3-4-5-6-7-8-12-15-28-31-20-25(21-32-28)23-16-18-26(19-17-23)35-22-27-29(36-30(34)33-27)24-13-10-9-11-14-24/h9-11,13-14,16-21,27,29H,2-8,12,15,22H2,1H3,(H,33,34). The maximum Gasteiger partial charge on any atom is 0.408 e. The average molecular weight is 488 g/mol. The Kier molecular flexibility index (Phi) is 9.71. The lowest BCUT2D eigenvalue weighted by Gasteiger charge is -2.18. The number of unbranched alkanes of at least 4 members (excludes halogenated alkanes) is 7. The minimum Gasteiger partial charge on any atom is -0.491 e. The maximum absolute atomic E-state index is 11.8. The third kappa shape index (κ3) is 7.54. The Morgan fingerprint density at radius 3 is 2.19 bits per heavy atom. The summed E-state index contributed by atoms with van der Waals surface area (Å²) in [4.78, 5) is 20.9. The van der Waals surface area contributed by atoms with Crippen LogP contribution in [0.3, 0.4) is 0 Å². The number of nitrogens with one attached hydrogen (secondary N) is 1. The first-order valence-electron chi connectivity index (χ1n) is 13.3. The lowest BCUT2D eigenvalue weighted by atomic mass is 10.0. The van der Waals surface area contributed by atoms with Crippen molar-refractivity contribution in [3.8, 4) is 16.9 Å². The highest BCUT2D eigenvalue weighted by atomic mass is 16.6. The Morgan fingerprint density at radius 2 is 1.50 bits per heavy atom. The molecule has 2 aromatic carbocycles. The number of cyclic esters (lactones) is 1. The zero-order valence-corrected chi connectivity index (χ0v) is 21.2. The molecular weight excluding hydrogens is 450 g/mol. The van der Waals surface area contributed by atoms with E-state index in [4.69, 9.17) is 9.47 Å². The molecule has 1 N–H and O–H groups in total. The summed E-state index contributed by atoms with van der Waals surface area (Å²) in [6.45, 7) is 2.58. The fraction of sp³-hybridized carbons (Fsp3) is 0.433. The highest BCUT2D eigenvalue weighted by Crippen LogP contribution is 2.27. The number of alkyl carbamates (subject to hydrolysis) is 1. The Labute approximate surface area is 214 Å². The summed E-state index contributed by atoms with van der Waals surface area (Å²) in [5.74, 6) is 1.65. The van der Waals surface area contributed by atoms with Gasteiger partial charge in [-0.3, -0.25) is 0 Å². The number of nitrogens with zero attached hydrogens (tertiary/aromatic N) is 2. The zero-order chi connectivity index (χ0) is 25.0. The molecule has 0 spiro atoms. The van der Waals surface area contributed by atoms with Crippen molar-refractivity contribution in [2.75, 3.05) is 6.61 Å². The molecule has 3 aromatic rings. The molecule has 1 aliphatic rings. The van der Waals surface area contributed by atoms with Crippen LogP contribution < -0.4 is 10.1 Å². The van der Waals surface area contributed by atoms with E-state index in [9.17, 15) is 4.79 Å². The smallest absolute Gasteiger partial charge is 0.408 e. The van der Waals surface area contributed by atoms with Gasteiger partial charge < -0.3 is 14.8 Å². The summed E-state index contributed by atoms with van der Waals surface area (Å²) in [6.07, 6.45) is 14.4. The minimum absolute atomic E-state index is 0.249. The number of ether oxygens (including phenoxy) is 2. The summed E-state index contributed by atoms with van der Waals surface area (Å²) in [5, 5.41) is 2.84. The maximum atomic E-state index is 11.8. The number of carbonyl (C=O) groups excluding carboxylic acids is 1. The number of aromatic nitrogens is 2. The molecule has 4 rings (SSSR count). The van der Waals surface area contributed by atoms with Gasteiger partial charge in [-0.15, -0.1) is 0 Å². The van der Waals surface area contributed by atoms with E-state index >= 15 is 0 Å². The first kappa shape index (κ1) is 25.7. The number of amides is 1. The summed E-state index contributed by atoms with van der Waals surface area (Å²) >= 11 is 0. The first-order chi connectivity index (χ1) is 17.7. The lowest BCUT2D eigenvalue weighted by Crippen LogP contribution is -2.33. The number of carbonyl (C=O) groups is 1. The van der Waals surface area contributed by atoms with E-state index < -0.39 is 6.09 Å². The van der Waals surface area contributed by atoms with Gasteiger partial charge in [0, 0.05) is 24.4 Å². The summed E-state index contributed by atoms with van der Waals surface area (Å²) in [6, 6.07) is 17.3. The van der Waals surface area contributed by atoms with Crippen molar-refractivity contribution < 1.29 is 14.3 Å². The normalized spacial score (nSPS) is 17.0. The second-order valence-electron chi connectivity index (χ2n) is 9.44. The largest absolute Gasteiger partial charge is 0.491 e. The fourth-order valence-electron chi connectivity index (χ4n) is 4.51. The molecule has 1 fully saturated rings. The SMILES string of the molecule is CCCCCCCCCCc1ncc(-c2ccc(OCC3NC(=O)OC3c3ccccc3)cc2)cn1. The van der Waals surface area contributed by atoms with E-state index in [2.05, 4.69) is 22.2 Å². The number of hydrogen-bond donors (Lipinski definition) is 1. The molecule has 36 heavy (non-hydrogen) atoms. The molecule has 2 unspecified atom stereocenters. The molecule has 190 valence electrons. The fourth-order valence-corrected chi connectivity index (χ4v) is 4.51. The van der Waals surface area contributed by atoms with Crippen LogP contribution in [-0.2, 0) is 11.2 Å². The van der Waals surface area contributed by atoms with Crippen LogP contribution in [0.4, 0.5) is 4.79 Å². The molecule has 2 heterocycles. The Bertz CT molecular complexity index is 1060. The van der Waals surface area contributed by atoms with Gasteiger partial charge in [-0.2, -0.15) is 0 Å². The van der Waals surface area contributed by atoms with Crippen LogP contribution in [0.25, 0.3) is 11.1 Å². The van der Waals surface area contributed by atoms with Gasteiger partial charge in [-0.25, -0.2) is 14.8 Å². The van der Waals surface area contributed by atoms with Crippen molar-refractivity contribution in [3.63, 3.8) is 0 Å². The van der Waals surface area contributed by atoms with Crippen LogP contribution >= 0.6 is 0 Å². The van der Waals surface area contributed by atoms with Gasteiger partial charge >= 0.3 is 6.09 Å². The van der Waals surface area contributed by atoms with E-state index in [1.165, 1.54) is 44.9 Å². The van der Waals surface area contributed by atoms with Gasteiger partial charge in [-0.05, 0) is 29.7 Å². The molecule has 1 amide bonds. The summed E-state index contributed by atoms with van der Waals surface area (Å²) < 4.78 is 11.4. The van der Waals surface area contributed by atoms with Crippen molar-refractivity contribution in [1.82, 2.24) is 15.3 Å². The van der Waals surface area contributed by atoms with Gasteiger partial charge in [0.25, 0.3) is 0 Å². The predicted octanol–water partition coefficient (Wildman–Crippen LogP) is 7.06. The quantitative estimate of drug-likeness (QED) is 0.247. The molecule has 2 atom stereocenters. The van der Waals surface area contributed by atoms with Crippen molar-refractivity contribution >= 4 is 6.09 Å². The molecule has 1 aromatic heterocycles. The van der Waals surface area contributed by atoms with E-state index in [-0.39, 0.29) is 12.1 Å². The molecule has 0 aliphatic carbocycles. The molecule has 6 nitrogen and oxygen atoms in total. The van der Waals surface area contributed by atoms with Crippen molar-refractivity contribution in [3.05, 3.63) is 78.4 Å². The molecule has 1 aliphatic heterocycles. The van der Waals surface area contributed by atoms with Crippen LogP contribution in [0.2, 0.25) is 0 Å². The Morgan fingerprint density at radius 1 is 0.833 bits per heavy atom. The van der Waals surface area contributed by atoms with E-state index in [0.717, 1.165) is 41.1 Å². The predicted molar refractivity (Wildman–Crippen MR) is 142 cm³/mol. The van der Waals surface area contributed by atoms with Gasteiger partial charge in [0.15, 0.2) is 6.10 Å². The molecule has 1 saturated heterocycles. The minimum atomic E-state index is -0.418. The van der Waals surface area contributed by atoms with Crippen molar-refractivity contribution in [2.45, 2.75) is 76.9 Å². The van der Waals surface area contributed by atoms with Crippen molar-refractivity contribution in [1.29, 1.82) is 0 Å². The third-order valence-corrected chi connectivity index (χ3v) is 6.61. The number of hydrogen-bond acceptors (Lipinski definition) is 5. The number of benzene rings is 2. The molecule has 0 radical (unpaired) electrons. The number of rotatable bonds is 14. The monoisotopic (exact) mass is 487 g/mol. The van der Waals surface area contributed by atoms with Crippen LogP contribution in [0.1, 0.15) is 75.8 Å². The third-order valence-electron chi connectivity index (χ3n) is 6.61. The summed E-state index contributed by atoms with van der Waals surface area (Å²) in [5.41, 5.74) is 2.98. The van der Waals surface area contributed by atoms with Gasteiger partial charge in [0.05, 0.1) is 0 Å². The lowest BCUT2D eigenvalue weighted by molar-refractivity contribution is 0.122. The molecule has 0 bridgehead atoms. The molecule has 6 heteroatoms. The molecule has 0 saturated carbocycles. The average Bonchev–Trinajstić information content (AvgIpc) is 3.30. The van der Waals surface area contributed by atoms with Gasteiger partial charge in [0.1, 0.15) is 24.2 Å². The Balaban J connectivity index is 1.22. The van der Waals surface area contributed by atoms with Gasteiger partial charge in [-0.1, -0.05) is 94.3 Å². The second-order valence-corrected chi connectivity index (χ2v) is 9.44. The summed E-state index contributed by atoms with van der Waals surface area (Å²) in [7, 11) is 0. The first-order valence-corrected chi connectivity index (χ1v) is 13.3. The molecular formula is C30H37N3O3. The topological polar surface area (TPSA) is 73.3 Å². The highest BCUT2D eigenvalue weighted by molar-refractivity contribution is 5.70. The second kappa shape index (κ2) is 13.6. The highest BCUT2D eigenvalue weighted by Gasteiger charge is 2.35. The van der Waals surface area contributed by atoms with E-state index in [0.29, 0.717) is 6.61 Å². The van der Waals surface area contributed by atoms with E-state index in [1.807, 2.05) is 67.0 Å². The Hall–Kier alpha value is -3.41. The van der Waals surface area contributed by atoms with Gasteiger partial charge in [0.2, 0.25) is 0 Å². The van der Waals surface area contributed by atoms with Crippen LogP contribution in [0.5, 0.6) is 5.75 Å². The van der Waals surface area contributed by atoms with Crippen molar-refractivity contribution in [2.24, 2.45) is 0 Å². The van der Waals surface area contributed by atoms with Crippen LogP contribution in [0, 0.1) is 0 Å². The zero-order valence-electron chi connectivity index (χ0n) is 21.2. The van der Waals surface area contributed by atoms with Crippen LogP contribution in [0.15, 0.2) is 67.0 Å².